The van der Waals surface area contributed by atoms with Gasteiger partial charge in [0.1, 0.15) is 0 Å². The van der Waals surface area contributed by atoms with Gasteiger partial charge >= 0.3 is 0 Å². The van der Waals surface area contributed by atoms with Gasteiger partial charge in [-0.1, -0.05) is 0 Å². The summed E-state index contributed by atoms with van der Waals surface area (Å²) >= 11 is 0. The molecule has 0 unspecified atom stereocenters. The largest absolute Gasteiger partial charge is 0.379 e. The molecule has 0 saturated carbocycles. The number of ether oxygens (including phenoxy) is 2. The number of rotatable bonds is 7. The van der Waals surface area contributed by atoms with Crippen LogP contribution in [-0.4, -0.2) is 52.0 Å². The van der Waals surface area contributed by atoms with E-state index in [4.69, 9.17) is 9.47 Å². The highest BCUT2D eigenvalue weighted by Gasteiger charge is 1.89. The summed E-state index contributed by atoms with van der Waals surface area (Å²) in [5.41, 5.74) is 0. The Hall–Kier alpha value is -0.120. The maximum Gasteiger partial charge on any atom is 0.0701 e. The Morgan fingerprint density at radius 2 is 1.73 bits per heavy atom. The quantitative estimate of drug-likeness (QED) is 0.504. The fraction of sp³-hybridized carbons (Fsp3) is 0.875. The summed E-state index contributed by atoms with van der Waals surface area (Å²) in [7, 11) is 4.05. The van der Waals surface area contributed by atoms with Crippen LogP contribution < -0.4 is 0 Å². The fourth-order valence-corrected chi connectivity index (χ4v) is 0.569. The van der Waals surface area contributed by atoms with Crippen LogP contribution in [0.4, 0.5) is 0 Å². The predicted molar refractivity (Wildman–Crippen MR) is 45.5 cm³/mol. The van der Waals surface area contributed by atoms with E-state index in [2.05, 4.69) is 11.8 Å². The summed E-state index contributed by atoms with van der Waals surface area (Å²) in [4.78, 5) is 2.09. The van der Waals surface area contributed by atoms with E-state index in [1.54, 1.807) is 0 Å². The van der Waals surface area contributed by atoms with Crippen LogP contribution in [0.25, 0.3) is 0 Å². The molecule has 0 aromatic heterocycles. The maximum atomic E-state index is 5.25. The minimum atomic E-state index is 0.525. The van der Waals surface area contributed by atoms with Gasteiger partial charge in [-0.05, 0) is 21.0 Å². The monoisotopic (exact) mass is 160 g/mol. The second-order valence-corrected chi connectivity index (χ2v) is 2.53. The first kappa shape index (κ1) is 10.9. The lowest BCUT2D eigenvalue weighted by Crippen LogP contribution is -2.19. The van der Waals surface area contributed by atoms with Gasteiger partial charge in [0, 0.05) is 13.2 Å². The number of hydrogen-bond acceptors (Lipinski definition) is 3. The summed E-state index contributed by atoms with van der Waals surface area (Å²) < 4.78 is 10.2. The number of hydrogen-bond donors (Lipinski definition) is 0. The van der Waals surface area contributed by atoms with Crippen molar-refractivity contribution in [2.45, 2.75) is 0 Å². The molecule has 0 fully saturated rings. The van der Waals surface area contributed by atoms with Crippen molar-refractivity contribution in [3.8, 4) is 0 Å². The van der Waals surface area contributed by atoms with Gasteiger partial charge in [-0.2, -0.15) is 0 Å². The Labute approximate surface area is 69.3 Å². The molecular weight excluding hydrogens is 142 g/mol. The van der Waals surface area contributed by atoms with Gasteiger partial charge in [-0.15, -0.1) is 0 Å². The first-order valence-electron chi connectivity index (χ1n) is 3.87. The number of nitrogens with zero attached hydrogens (tertiary/aromatic N) is 1. The van der Waals surface area contributed by atoms with E-state index in [0.717, 1.165) is 13.2 Å². The highest BCUT2D eigenvalue weighted by Crippen LogP contribution is 1.79. The minimum Gasteiger partial charge on any atom is -0.379 e. The maximum absolute atomic E-state index is 5.25. The zero-order valence-corrected chi connectivity index (χ0v) is 7.51. The Morgan fingerprint density at radius 1 is 1.09 bits per heavy atom. The Balaban J connectivity index is 2.80. The third-order valence-corrected chi connectivity index (χ3v) is 1.20. The molecule has 3 nitrogen and oxygen atoms in total. The summed E-state index contributed by atoms with van der Waals surface area (Å²) in [6.07, 6.45) is 0. The average Bonchev–Trinajstić information content (AvgIpc) is 1.96. The average molecular weight is 160 g/mol. The van der Waals surface area contributed by atoms with Crippen molar-refractivity contribution in [3.05, 3.63) is 6.92 Å². The van der Waals surface area contributed by atoms with Crippen molar-refractivity contribution in [1.82, 2.24) is 4.90 Å². The molecular formula is C8H18NO2. The second-order valence-electron chi connectivity index (χ2n) is 2.53. The highest BCUT2D eigenvalue weighted by atomic mass is 16.5. The summed E-state index contributed by atoms with van der Waals surface area (Å²) in [5.74, 6) is 0. The standard InChI is InChI=1S/C8H18NO2/c1-4-10-7-8-11-6-5-9(2)3/h1,4-8H2,2-3H3. The van der Waals surface area contributed by atoms with Gasteiger partial charge < -0.3 is 14.4 Å². The SMILES string of the molecule is [CH2]COCCOCCN(C)C. The van der Waals surface area contributed by atoms with Crippen LogP contribution in [-0.2, 0) is 9.47 Å². The molecule has 0 aromatic rings. The molecule has 0 spiro atoms. The zero-order chi connectivity index (χ0) is 8.53. The molecule has 0 atom stereocenters. The lowest BCUT2D eigenvalue weighted by atomic mass is 10.6. The van der Waals surface area contributed by atoms with Gasteiger partial charge in [-0.3, -0.25) is 0 Å². The smallest absolute Gasteiger partial charge is 0.0701 e. The normalized spacial score (nSPS) is 10.9. The minimum absolute atomic E-state index is 0.525. The van der Waals surface area contributed by atoms with Crippen molar-refractivity contribution in [1.29, 1.82) is 0 Å². The number of likely N-dealkylation sites (N-methyl/N-ethyl adjacent to an activating group) is 1. The molecule has 0 aliphatic rings. The molecule has 1 radical (unpaired) electrons. The molecule has 0 aliphatic carbocycles. The first-order chi connectivity index (χ1) is 5.27. The zero-order valence-electron chi connectivity index (χ0n) is 7.51. The molecule has 0 heterocycles. The third kappa shape index (κ3) is 9.88. The molecule has 0 N–H and O–H groups in total. The summed E-state index contributed by atoms with van der Waals surface area (Å²) in [6.45, 7) is 7.12. The lowest BCUT2D eigenvalue weighted by Gasteiger charge is -2.09. The molecule has 0 aromatic carbocycles. The summed E-state index contributed by atoms with van der Waals surface area (Å²) in [6, 6.07) is 0. The highest BCUT2D eigenvalue weighted by molar-refractivity contribution is 4.40. The Bertz CT molecular complexity index is 76.5. The van der Waals surface area contributed by atoms with Gasteiger partial charge in [0.15, 0.2) is 0 Å². The van der Waals surface area contributed by atoms with Crippen LogP contribution in [0, 0.1) is 6.92 Å². The van der Waals surface area contributed by atoms with E-state index in [9.17, 15) is 0 Å². The van der Waals surface area contributed by atoms with Crippen molar-refractivity contribution in [3.63, 3.8) is 0 Å². The van der Waals surface area contributed by atoms with Crippen LogP contribution in [0.2, 0.25) is 0 Å². The van der Waals surface area contributed by atoms with Gasteiger partial charge in [0.25, 0.3) is 0 Å². The van der Waals surface area contributed by atoms with Crippen molar-refractivity contribution in [2.24, 2.45) is 0 Å². The van der Waals surface area contributed by atoms with Crippen LogP contribution in [0.3, 0.4) is 0 Å². The molecule has 3 heteroatoms. The molecule has 67 valence electrons. The van der Waals surface area contributed by atoms with Crippen molar-refractivity contribution >= 4 is 0 Å². The van der Waals surface area contributed by atoms with E-state index in [0.29, 0.717) is 19.8 Å². The predicted octanol–water partition coefficient (Wildman–Crippen LogP) is 0.415. The molecule has 11 heavy (non-hydrogen) atoms. The second kappa shape index (κ2) is 7.98. The van der Waals surface area contributed by atoms with Gasteiger partial charge in [0.05, 0.1) is 19.8 Å². The van der Waals surface area contributed by atoms with E-state index in [1.807, 2.05) is 14.1 Å². The third-order valence-electron chi connectivity index (χ3n) is 1.20. The van der Waals surface area contributed by atoms with Gasteiger partial charge in [0.2, 0.25) is 0 Å². The molecule has 0 amide bonds. The lowest BCUT2D eigenvalue weighted by molar-refractivity contribution is 0.0519. The van der Waals surface area contributed by atoms with E-state index < -0.39 is 0 Å². The Morgan fingerprint density at radius 3 is 2.27 bits per heavy atom. The van der Waals surface area contributed by atoms with E-state index >= 15 is 0 Å². The van der Waals surface area contributed by atoms with Gasteiger partial charge in [-0.25, -0.2) is 0 Å². The molecule has 0 aliphatic heterocycles. The molecule has 0 rings (SSSR count). The topological polar surface area (TPSA) is 21.7 Å². The molecule has 0 saturated heterocycles. The van der Waals surface area contributed by atoms with Crippen LogP contribution in [0.1, 0.15) is 0 Å². The van der Waals surface area contributed by atoms with Crippen molar-refractivity contribution < 1.29 is 9.47 Å². The summed E-state index contributed by atoms with van der Waals surface area (Å²) in [5, 5.41) is 0. The van der Waals surface area contributed by atoms with E-state index in [1.165, 1.54) is 0 Å². The van der Waals surface area contributed by atoms with Crippen LogP contribution in [0.15, 0.2) is 0 Å². The van der Waals surface area contributed by atoms with Crippen molar-refractivity contribution in [2.75, 3.05) is 47.1 Å². The fourth-order valence-electron chi connectivity index (χ4n) is 0.569. The Kier molecular flexibility index (Phi) is 7.89. The van der Waals surface area contributed by atoms with Crippen LogP contribution >= 0.6 is 0 Å². The van der Waals surface area contributed by atoms with Crippen LogP contribution in [0.5, 0.6) is 0 Å². The first-order valence-corrected chi connectivity index (χ1v) is 3.87. The van der Waals surface area contributed by atoms with E-state index in [-0.39, 0.29) is 0 Å². The molecule has 0 bridgehead atoms.